The highest BCUT2D eigenvalue weighted by atomic mass is 31.1. The Morgan fingerprint density at radius 2 is 2.00 bits per heavy atom. The number of hydrogen-bond acceptors (Lipinski definition) is 3. The first-order valence-corrected chi connectivity index (χ1v) is 4.79. The maximum Gasteiger partial charge on any atom is 0.229 e. The summed E-state index contributed by atoms with van der Waals surface area (Å²) in [4.78, 5) is 4.19. The topological polar surface area (TPSA) is 38.9 Å². The van der Waals surface area contributed by atoms with Gasteiger partial charge in [0.25, 0.3) is 0 Å². The van der Waals surface area contributed by atoms with E-state index >= 15 is 0 Å². The van der Waals surface area contributed by atoms with Crippen molar-refractivity contribution in [2.24, 2.45) is 0 Å². The van der Waals surface area contributed by atoms with E-state index in [1.54, 1.807) is 0 Å². The molecule has 2 unspecified atom stereocenters. The van der Waals surface area contributed by atoms with E-state index in [4.69, 9.17) is 4.52 Å². The van der Waals surface area contributed by atoms with Gasteiger partial charge in [-0.05, 0) is 0 Å². The van der Waals surface area contributed by atoms with Crippen LogP contribution in [0.25, 0.3) is 0 Å². The fourth-order valence-corrected chi connectivity index (χ4v) is 0.888. The zero-order chi connectivity index (χ0) is 8.43. The largest absolute Gasteiger partial charge is 0.339 e. The Morgan fingerprint density at radius 3 is 2.27 bits per heavy atom. The van der Waals surface area contributed by atoms with E-state index in [1.807, 2.05) is 13.8 Å². The molecule has 0 fully saturated rings. The molecule has 0 bridgehead atoms. The molecule has 0 spiro atoms. The molecule has 0 N–H and O–H groups in total. The maximum atomic E-state index is 5.00. The molecule has 0 amide bonds. The van der Waals surface area contributed by atoms with E-state index in [2.05, 4.69) is 28.6 Å². The lowest BCUT2D eigenvalue weighted by Crippen LogP contribution is -1.88. The lowest BCUT2D eigenvalue weighted by atomic mass is 10.2. The van der Waals surface area contributed by atoms with Crippen molar-refractivity contribution in [2.75, 3.05) is 0 Å². The molecule has 0 aliphatic carbocycles. The molecule has 11 heavy (non-hydrogen) atoms. The summed E-state index contributed by atoms with van der Waals surface area (Å²) in [5, 5.41) is 4.00. The summed E-state index contributed by atoms with van der Waals surface area (Å²) >= 11 is 0. The minimum atomic E-state index is 0.186. The van der Waals surface area contributed by atoms with Gasteiger partial charge in [0.05, 0.1) is 5.40 Å². The lowest BCUT2D eigenvalue weighted by Gasteiger charge is -1.94. The second kappa shape index (κ2) is 3.60. The molecule has 1 heterocycles. The third-order valence-corrected chi connectivity index (χ3v) is 1.85. The van der Waals surface area contributed by atoms with Crippen LogP contribution >= 0.6 is 18.5 Å². The molecular weight excluding hydrogens is 178 g/mol. The summed E-state index contributed by atoms with van der Waals surface area (Å²) in [5.41, 5.74) is 0. The summed E-state index contributed by atoms with van der Waals surface area (Å²) in [6, 6.07) is 0. The Morgan fingerprint density at radius 1 is 1.36 bits per heavy atom. The quantitative estimate of drug-likeness (QED) is 0.669. The molecule has 0 aliphatic heterocycles. The van der Waals surface area contributed by atoms with Crippen molar-refractivity contribution in [2.45, 2.75) is 25.2 Å². The van der Waals surface area contributed by atoms with Gasteiger partial charge in [-0.25, -0.2) is 0 Å². The number of rotatable bonds is 2. The predicted molar refractivity (Wildman–Crippen MR) is 50.5 cm³/mol. The van der Waals surface area contributed by atoms with E-state index in [-0.39, 0.29) is 5.40 Å². The van der Waals surface area contributed by atoms with Crippen LogP contribution in [-0.2, 0) is 0 Å². The normalized spacial score (nSPS) is 11.5. The molecule has 3 nitrogen and oxygen atoms in total. The number of nitrogens with zero attached hydrogens (tertiary/aromatic N) is 2. The van der Waals surface area contributed by atoms with E-state index in [9.17, 15) is 0 Å². The Hall–Kier alpha value is -0.0000000000000000555. The predicted octanol–water partition coefficient (Wildman–Crippen LogP) is 1.94. The zero-order valence-electron chi connectivity index (χ0n) is 6.61. The molecule has 62 valence electrons. The van der Waals surface area contributed by atoms with Crippen molar-refractivity contribution in [1.82, 2.24) is 10.1 Å². The van der Waals surface area contributed by atoms with Crippen LogP contribution in [0.5, 0.6) is 0 Å². The van der Waals surface area contributed by atoms with E-state index in [0.717, 1.165) is 5.82 Å². The van der Waals surface area contributed by atoms with Gasteiger partial charge in [0, 0.05) is 5.92 Å². The monoisotopic (exact) mass is 190 g/mol. The summed E-state index contributed by atoms with van der Waals surface area (Å²) in [6.45, 7) is 4.05. The first-order chi connectivity index (χ1) is 5.11. The third-order valence-electron chi connectivity index (χ3n) is 1.25. The number of aromatic nitrogens is 2. The average Bonchev–Trinajstić information content (AvgIpc) is 2.33. The van der Waals surface area contributed by atoms with Crippen molar-refractivity contribution < 1.29 is 4.52 Å². The molecule has 1 aromatic rings. The number of hydrogen-bond donors (Lipinski definition) is 0. The van der Waals surface area contributed by atoms with Crippen molar-refractivity contribution in [3.8, 4) is 0 Å². The van der Waals surface area contributed by atoms with Crippen molar-refractivity contribution >= 4 is 18.5 Å². The summed E-state index contributed by atoms with van der Waals surface area (Å²) in [6.07, 6.45) is 0. The molecule has 1 rings (SSSR count). The standard InChI is InChI=1S/C6H12N2OP2/c1-3(2)5-7-4(6(10)11)8-9-5/h3,6H,10-11H2,1-2H3. The smallest absolute Gasteiger partial charge is 0.229 e. The minimum Gasteiger partial charge on any atom is -0.339 e. The molecule has 1 aromatic heterocycles. The van der Waals surface area contributed by atoms with Crippen LogP contribution in [-0.4, -0.2) is 10.1 Å². The highest BCUT2D eigenvalue weighted by Gasteiger charge is 2.11. The van der Waals surface area contributed by atoms with Gasteiger partial charge in [-0.2, -0.15) is 4.98 Å². The first-order valence-electron chi connectivity index (χ1n) is 3.46. The van der Waals surface area contributed by atoms with Crippen molar-refractivity contribution in [1.29, 1.82) is 0 Å². The Kier molecular flexibility index (Phi) is 2.98. The van der Waals surface area contributed by atoms with Crippen LogP contribution in [0.15, 0.2) is 4.52 Å². The van der Waals surface area contributed by atoms with Gasteiger partial charge in [0.15, 0.2) is 5.82 Å². The molecule has 0 saturated carbocycles. The highest BCUT2D eigenvalue weighted by Crippen LogP contribution is 2.27. The first kappa shape index (κ1) is 9.09. The Labute approximate surface area is 70.7 Å². The third kappa shape index (κ3) is 2.21. The molecule has 2 atom stereocenters. The molecule has 5 heteroatoms. The van der Waals surface area contributed by atoms with E-state index < -0.39 is 0 Å². The van der Waals surface area contributed by atoms with Gasteiger partial charge in [-0.1, -0.05) is 19.0 Å². The van der Waals surface area contributed by atoms with E-state index in [0.29, 0.717) is 11.8 Å². The van der Waals surface area contributed by atoms with Crippen LogP contribution in [0.3, 0.4) is 0 Å². The summed E-state index contributed by atoms with van der Waals surface area (Å²) in [7, 11) is 5.19. The Balaban J connectivity index is 2.82. The molecule has 0 saturated heterocycles. The van der Waals surface area contributed by atoms with Crippen LogP contribution in [0.1, 0.15) is 36.9 Å². The second-order valence-electron chi connectivity index (χ2n) is 2.67. The molecule has 0 aromatic carbocycles. The molecular formula is C6H12N2OP2. The summed E-state index contributed by atoms with van der Waals surface area (Å²) < 4.78 is 5.00. The fourth-order valence-electron chi connectivity index (χ4n) is 0.617. The summed E-state index contributed by atoms with van der Waals surface area (Å²) in [5.74, 6) is 1.74. The van der Waals surface area contributed by atoms with Crippen LogP contribution in [0.2, 0.25) is 0 Å². The Bertz CT molecular complexity index is 212. The minimum absolute atomic E-state index is 0.186. The fraction of sp³-hybridized carbons (Fsp3) is 0.667. The zero-order valence-corrected chi connectivity index (χ0v) is 8.92. The van der Waals surface area contributed by atoms with E-state index in [1.165, 1.54) is 0 Å². The highest BCUT2D eigenvalue weighted by molar-refractivity contribution is 7.37. The van der Waals surface area contributed by atoms with Crippen LogP contribution < -0.4 is 0 Å². The van der Waals surface area contributed by atoms with Gasteiger partial charge in [0.2, 0.25) is 5.89 Å². The van der Waals surface area contributed by atoms with Gasteiger partial charge < -0.3 is 4.52 Å². The van der Waals surface area contributed by atoms with Gasteiger partial charge >= 0.3 is 0 Å². The van der Waals surface area contributed by atoms with Crippen LogP contribution in [0.4, 0.5) is 0 Å². The van der Waals surface area contributed by atoms with Gasteiger partial charge in [-0.15, -0.1) is 18.5 Å². The van der Waals surface area contributed by atoms with Crippen LogP contribution in [0, 0.1) is 0 Å². The molecule has 0 radical (unpaired) electrons. The second-order valence-corrected chi connectivity index (χ2v) is 4.88. The van der Waals surface area contributed by atoms with Gasteiger partial charge in [-0.3, -0.25) is 0 Å². The SMILES string of the molecule is CC(C)c1nc(C(P)P)no1. The maximum absolute atomic E-state index is 5.00. The average molecular weight is 190 g/mol. The van der Waals surface area contributed by atoms with Gasteiger partial charge in [0.1, 0.15) is 0 Å². The lowest BCUT2D eigenvalue weighted by molar-refractivity contribution is 0.362. The molecule has 0 aliphatic rings. The van der Waals surface area contributed by atoms with Crippen molar-refractivity contribution in [3.05, 3.63) is 11.7 Å². The van der Waals surface area contributed by atoms with Crippen molar-refractivity contribution in [3.63, 3.8) is 0 Å².